The molecule has 3 nitrogen and oxygen atoms in total. The lowest BCUT2D eigenvalue weighted by molar-refractivity contribution is 0.413. The molecule has 4 heteroatoms. The molecule has 0 aliphatic carbocycles. The summed E-state index contributed by atoms with van der Waals surface area (Å²) in [4.78, 5) is 8.88. The van der Waals surface area contributed by atoms with Crippen LogP contribution in [0.15, 0.2) is 17.7 Å². The molecule has 2 aromatic rings. The predicted molar refractivity (Wildman–Crippen MR) is 44.0 cm³/mol. The maximum Gasteiger partial charge on any atom is 0.143 e. The topological polar surface area (TPSA) is 35.0 Å². The number of nitrogens with zero attached hydrogens (tertiary/aromatic N) is 2. The number of rotatable bonds is 1. The first kappa shape index (κ1) is 5.49. The van der Waals surface area contributed by atoms with Gasteiger partial charge in [0.15, 0.2) is 0 Å². The lowest BCUT2D eigenvalue weighted by Crippen LogP contribution is -1.83. The molecule has 11 heavy (non-hydrogen) atoms. The van der Waals surface area contributed by atoms with Crippen LogP contribution in [0.1, 0.15) is 1.37 Å². The zero-order valence-electron chi connectivity index (χ0n) is 6.87. The Kier molecular flexibility index (Phi) is 1.23. The molecule has 0 aliphatic rings. The fourth-order valence-electron chi connectivity index (χ4n) is 0.787. The second-order valence-electron chi connectivity index (χ2n) is 1.96. The minimum Gasteiger partial charge on any atom is -0.495 e. The van der Waals surface area contributed by atoms with Crippen molar-refractivity contribution in [1.82, 2.24) is 9.97 Å². The summed E-state index contributed by atoms with van der Waals surface area (Å²) < 4.78 is 12.6. The van der Waals surface area contributed by atoms with Gasteiger partial charge in [0.1, 0.15) is 16.1 Å². The summed E-state index contributed by atoms with van der Waals surface area (Å²) in [6.45, 7) is 0. The van der Waals surface area contributed by atoms with Crippen LogP contribution in [0.3, 0.4) is 0 Å². The second-order valence-corrected chi connectivity index (χ2v) is 2.79. The van der Waals surface area contributed by atoms with Crippen molar-refractivity contribution >= 4 is 21.7 Å². The SMILES string of the molecule is [3H]c1c(OC)cnc2scnc12. The van der Waals surface area contributed by atoms with E-state index in [2.05, 4.69) is 9.97 Å². The minimum absolute atomic E-state index is 0.309. The summed E-state index contributed by atoms with van der Waals surface area (Å²) in [5, 5.41) is 0. The lowest BCUT2D eigenvalue weighted by Gasteiger charge is -1.95. The fraction of sp³-hybridized carbons (Fsp3) is 0.143. The summed E-state index contributed by atoms with van der Waals surface area (Å²) in [5.74, 6) is 0.466. The Morgan fingerprint density at radius 3 is 3.36 bits per heavy atom. The number of hydrogen-bond donors (Lipinski definition) is 0. The van der Waals surface area contributed by atoms with Crippen LogP contribution < -0.4 is 4.74 Å². The van der Waals surface area contributed by atoms with Gasteiger partial charge in [0.2, 0.25) is 0 Å². The number of fused-ring (bicyclic) bond motifs is 1. The highest BCUT2D eigenvalue weighted by Crippen LogP contribution is 2.19. The third-order valence-electron chi connectivity index (χ3n) is 1.31. The van der Waals surface area contributed by atoms with Crippen LogP contribution in [0.25, 0.3) is 10.3 Å². The van der Waals surface area contributed by atoms with E-state index in [0.717, 1.165) is 4.83 Å². The van der Waals surface area contributed by atoms with Gasteiger partial charge in [-0.2, -0.15) is 0 Å². The molecule has 0 saturated carbocycles. The Hall–Kier alpha value is -1.16. The first-order valence-electron chi connectivity index (χ1n) is 3.55. The maximum absolute atomic E-state index is 7.64. The quantitative estimate of drug-likeness (QED) is 0.650. The summed E-state index contributed by atoms with van der Waals surface area (Å²) in [6, 6.07) is 0.309. The third kappa shape index (κ3) is 1.05. The standard InChI is InChI=1S/C7H6N2OS/c1-10-5-2-6-7(8-3-5)11-4-9-6/h2-4H,1H3/i2T. The summed E-state index contributed by atoms with van der Waals surface area (Å²) >= 11 is 1.42. The Labute approximate surface area is 69.1 Å². The molecule has 0 unspecified atom stereocenters. The Morgan fingerprint density at radius 1 is 1.64 bits per heavy atom. The van der Waals surface area contributed by atoms with Crippen LogP contribution in [0.4, 0.5) is 0 Å². The van der Waals surface area contributed by atoms with Crippen LogP contribution in [0.5, 0.6) is 5.75 Å². The van der Waals surface area contributed by atoms with E-state index in [1.54, 1.807) is 11.7 Å². The number of methoxy groups -OCH3 is 1. The minimum atomic E-state index is 0.309. The fourth-order valence-corrected chi connectivity index (χ4v) is 1.37. The molecular formula is C7H6N2OS. The Balaban J connectivity index is 2.78. The molecule has 2 aromatic heterocycles. The van der Waals surface area contributed by atoms with Crippen molar-refractivity contribution in [2.75, 3.05) is 7.11 Å². The highest BCUT2D eigenvalue weighted by molar-refractivity contribution is 7.16. The Morgan fingerprint density at radius 2 is 2.55 bits per heavy atom. The van der Waals surface area contributed by atoms with Crippen LogP contribution in [-0.2, 0) is 0 Å². The molecule has 0 bridgehead atoms. The molecule has 0 N–H and O–H groups in total. The number of thiazole rings is 1. The monoisotopic (exact) mass is 168 g/mol. The smallest absolute Gasteiger partial charge is 0.143 e. The van der Waals surface area contributed by atoms with Crippen molar-refractivity contribution in [2.45, 2.75) is 0 Å². The molecule has 0 aromatic carbocycles. The molecule has 0 aliphatic heterocycles. The highest BCUT2D eigenvalue weighted by Gasteiger charge is 1.98. The van der Waals surface area contributed by atoms with Gasteiger partial charge in [-0.3, -0.25) is 0 Å². The summed E-state index contributed by atoms with van der Waals surface area (Å²) in [7, 11) is 1.52. The van der Waals surface area contributed by atoms with Gasteiger partial charge in [0.25, 0.3) is 0 Å². The van der Waals surface area contributed by atoms with E-state index in [1.165, 1.54) is 18.4 Å². The second kappa shape index (κ2) is 2.47. The van der Waals surface area contributed by atoms with E-state index in [0.29, 0.717) is 17.3 Å². The van der Waals surface area contributed by atoms with Crippen LogP contribution in [0, 0.1) is 0 Å². The van der Waals surface area contributed by atoms with Crippen molar-refractivity contribution < 1.29 is 6.11 Å². The van der Waals surface area contributed by atoms with E-state index in [-0.39, 0.29) is 0 Å². The van der Waals surface area contributed by atoms with Crippen LogP contribution in [0.2, 0.25) is 0 Å². The first-order chi connectivity index (χ1) is 5.83. The van der Waals surface area contributed by atoms with Gasteiger partial charge in [-0.25, -0.2) is 9.97 Å². The number of pyridine rings is 1. The molecule has 2 rings (SSSR count). The van der Waals surface area contributed by atoms with E-state index in [1.807, 2.05) is 0 Å². The van der Waals surface area contributed by atoms with Crippen LogP contribution >= 0.6 is 11.3 Å². The van der Waals surface area contributed by atoms with Gasteiger partial charge in [0.05, 0.1) is 20.2 Å². The molecule has 0 fully saturated rings. The van der Waals surface area contributed by atoms with Gasteiger partial charge >= 0.3 is 0 Å². The normalized spacial score (nSPS) is 11.5. The van der Waals surface area contributed by atoms with E-state index < -0.39 is 0 Å². The molecule has 0 atom stereocenters. The lowest BCUT2D eigenvalue weighted by atomic mass is 10.4. The van der Waals surface area contributed by atoms with Crippen molar-refractivity contribution in [2.24, 2.45) is 0 Å². The predicted octanol–water partition coefficient (Wildman–Crippen LogP) is 1.70. The summed E-state index contributed by atoms with van der Waals surface area (Å²) in [6.07, 6.45) is 1.54. The van der Waals surface area contributed by atoms with E-state index in [9.17, 15) is 0 Å². The van der Waals surface area contributed by atoms with E-state index in [4.69, 9.17) is 6.11 Å². The molecule has 0 amide bonds. The zero-order valence-corrected chi connectivity index (χ0v) is 6.68. The van der Waals surface area contributed by atoms with Gasteiger partial charge in [-0.05, 0) is 0 Å². The average Bonchev–Trinajstić information content (AvgIpc) is 2.53. The van der Waals surface area contributed by atoms with Gasteiger partial charge in [-0.15, -0.1) is 11.3 Å². The number of hydrogen-bond acceptors (Lipinski definition) is 4. The molecule has 2 heterocycles. The largest absolute Gasteiger partial charge is 0.495 e. The molecule has 0 saturated heterocycles. The average molecular weight is 168 g/mol. The van der Waals surface area contributed by atoms with Crippen molar-refractivity contribution in [3.63, 3.8) is 0 Å². The third-order valence-corrected chi connectivity index (χ3v) is 2.04. The van der Waals surface area contributed by atoms with Crippen molar-refractivity contribution in [1.29, 1.82) is 0 Å². The molecule has 0 radical (unpaired) electrons. The van der Waals surface area contributed by atoms with E-state index >= 15 is 0 Å². The van der Waals surface area contributed by atoms with Gasteiger partial charge in [0, 0.05) is 6.04 Å². The van der Waals surface area contributed by atoms with Crippen molar-refractivity contribution in [3.05, 3.63) is 17.7 Å². The summed E-state index contributed by atoms with van der Waals surface area (Å²) in [5.41, 5.74) is 2.29. The van der Waals surface area contributed by atoms with Gasteiger partial charge in [-0.1, -0.05) is 0 Å². The number of aromatic nitrogens is 2. The van der Waals surface area contributed by atoms with Crippen molar-refractivity contribution in [3.8, 4) is 5.75 Å². The van der Waals surface area contributed by atoms with Gasteiger partial charge < -0.3 is 4.74 Å². The van der Waals surface area contributed by atoms with Crippen LogP contribution in [-0.4, -0.2) is 17.1 Å². The number of ether oxygens (including phenoxy) is 1. The zero-order chi connectivity index (χ0) is 8.55. The molecule has 0 spiro atoms. The molecule has 56 valence electrons. The Bertz CT molecular complexity index is 415. The maximum atomic E-state index is 7.64. The molecular weight excluding hydrogens is 160 g/mol. The first-order valence-corrected chi connectivity index (χ1v) is 3.93. The highest BCUT2D eigenvalue weighted by atomic mass is 32.1.